The predicted octanol–water partition coefficient (Wildman–Crippen LogP) is -1.32. The van der Waals surface area contributed by atoms with Gasteiger partial charge in [0.2, 0.25) is 0 Å². The molecule has 0 bridgehead atoms. The van der Waals surface area contributed by atoms with E-state index < -0.39 is 29.9 Å². The van der Waals surface area contributed by atoms with Gasteiger partial charge < -0.3 is 0 Å². The van der Waals surface area contributed by atoms with Crippen LogP contribution in [0.5, 0.6) is 0 Å². The number of rotatable bonds is 7. The molecule has 0 aliphatic carbocycles. The number of hydrogen-bond acceptors (Lipinski definition) is 4. The number of carbonyl (C=O) groups excluding carboxylic acids is 1. The molecule has 0 aromatic carbocycles. The Morgan fingerprint density at radius 3 is 2.18 bits per heavy atom. The van der Waals surface area contributed by atoms with Crippen molar-refractivity contribution < 1.29 is 24.6 Å². The van der Waals surface area contributed by atoms with E-state index in [2.05, 4.69) is 16.0 Å². The van der Waals surface area contributed by atoms with Gasteiger partial charge in [-0.25, -0.2) is 0 Å². The van der Waals surface area contributed by atoms with Crippen molar-refractivity contribution in [3.05, 3.63) is 0 Å². The molecule has 97 valence electrons. The molecule has 0 aliphatic rings. The molecule has 0 spiro atoms. The van der Waals surface area contributed by atoms with E-state index in [0.717, 1.165) is 4.90 Å². The molecule has 0 heterocycles. The summed E-state index contributed by atoms with van der Waals surface area (Å²) in [6.07, 6.45) is -0.105. The molecule has 0 aliphatic heterocycles. The van der Waals surface area contributed by atoms with Crippen LogP contribution in [-0.2, 0) is 14.4 Å². The summed E-state index contributed by atoms with van der Waals surface area (Å²) in [5.74, 6) is -2.73. The predicted molar refractivity (Wildman–Crippen MR) is 59.6 cm³/mol. The Labute approximate surface area is 107 Å². The Kier molecular flexibility index (Phi) is 6.79. The quantitative estimate of drug-likeness (QED) is 0.501. The third-order valence-corrected chi connectivity index (χ3v) is 2.95. The SMILES string of the molecule is CN(C(=O)CC[C@H](N)C(=O)O)[C@@H](C[Se])C(=O)O. The summed E-state index contributed by atoms with van der Waals surface area (Å²) in [6, 6.07) is -2.05. The number of carboxylic acid groups (broad SMARTS) is 2. The average Bonchev–Trinajstić information content (AvgIpc) is 2.25. The number of aliphatic carboxylic acids is 2. The van der Waals surface area contributed by atoms with E-state index in [9.17, 15) is 14.4 Å². The number of nitrogens with zero attached hydrogens (tertiary/aromatic N) is 1. The molecule has 4 N–H and O–H groups in total. The van der Waals surface area contributed by atoms with Gasteiger partial charge in [-0.2, -0.15) is 0 Å². The first-order valence-corrected chi connectivity index (χ1v) is 6.07. The van der Waals surface area contributed by atoms with Gasteiger partial charge in [0.05, 0.1) is 0 Å². The van der Waals surface area contributed by atoms with Gasteiger partial charge in [-0.15, -0.1) is 0 Å². The van der Waals surface area contributed by atoms with Crippen molar-refractivity contribution in [3.8, 4) is 0 Å². The Hall–Kier alpha value is -1.11. The van der Waals surface area contributed by atoms with E-state index in [0.29, 0.717) is 0 Å². The first-order chi connectivity index (χ1) is 7.81. The van der Waals surface area contributed by atoms with E-state index in [-0.39, 0.29) is 18.2 Å². The third kappa shape index (κ3) is 5.16. The summed E-state index contributed by atoms with van der Waals surface area (Å²) >= 11 is 2.55. The maximum atomic E-state index is 11.6. The zero-order valence-electron chi connectivity index (χ0n) is 9.33. The standard InChI is InChI=1S/C9H15N2O5Se/c1-11(6(4-17)9(15)16)7(12)3-2-5(10)8(13)14/h5-6H,2-4,10H2,1H3,(H,13,14)(H,15,16)/t5-,6-/m0/s1. The molecule has 0 saturated carbocycles. The van der Waals surface area contributed by atoms with Crippen molar-refractivity contribution in [2.24, 2.45) is 5.73 Å². The van der Waals surface area contributed by atoms with Gasteiger partial charge in [0.1, 0.15) is 0 Å². The summed E-state index contributed by atoms with van der Waals surface area (Å²) in [7, 11) is 1.37. The third-order valence-electron chi connectivity index (χ3n) is 2.29. The van der Waals surface area contributed by atoms with Crippen molar-refractivity contribution in [1.82, 2.24) is 4.90 Å². The minimum absolute atomic E-state index is 0.0156. The number of carboxylic acids is 2. The molecule has 17 heavy (non-hydrogen) atoms. The van der Waals surface area contributed by atoms with Gasteiger partial charge >= 0.3 is 106 Å². The zero-order chi connectivity index (χ0) is 13.6. The van der Waals surface area contributed by atoms with Crippen LogP contribution >= 0.6 is 0 Å². The van der Waals surface area contributed by atoms with E-state index >= 15 is 0 Å². The van der Waals surface area contributed by atoms with Crippen molar-refractivity contribution >= 4 is 33.9 Å². The number of hydrogen-bond donors (Lipinski definition) is 3. The molecule has 1 radical (unpaired) electrons. The van der Waals surface area contributed by atoms with E-state index in [4.69, 9.17) is 15.9 Å². The van der Waals surface area contributed by atoms with Crippen molar-refractivity contribution in [1.29, 1.82) is 0 Å². The molecule has 0 fully saturated rings. The molecular weight excluding hydrogens is 295 g/mol. The van der Waals surface area contributed by atoms with E-state index in [1.54, 1.807) is 0 Å². The summed E-state index contributed by atoms with van der Waals surface area (Å²) in [5, 5.41) is 17.5. The molecular formula is C9H15N2O5Se. The van der Waals surface area contributed by atoms with Gasteiger partial charge in [0.25, 0.3) is 0 Å². The molecule has 0 unspecified atom stereocenters. The fourth-order valence-electron chi connectivity index (χ4n) is 1.10. The van der Waals surface area contributed by atoms with Crippen molar-refractivity contribution in [3.63, 3.8) is 0 Å². The second-order valence-electron chi connectivity index (χ2n) is 3.51. The van der Waals surface area contributed by atoms with Gasteiger partial charge in [-0.05, 0) is 0 Å². The average molecular weight is 310 g/mol. The monoisotopic (exact) mass is 311 g/mol. The van der Waals surface area contributed by atoms with Crippen molar-refractivity contribution in [2.45, 2.75) is 30.2 Å². The molecule has 1 amide bonds. The fourth-order valence-corrected chi connectivity index (χ4v) is 1.87. The maximum absolute atomic E-state index is 11.6. The van der Waals surface area contributed by atoms with E-state index in [1.165, 1.54) is 7.05 Å². The molecule has 8 heteroatoms. The van der Waals surface area contributed by atoms with Gasteiger partial charge in [0, 0.05) is 0 Å². The van der Waals surface area contributed by atoms with Gasteiger partial charge in [-0.1, -0.05) is 0 Å². The topological polar surface area (TPSA) is 121 Å². The van der Waals surface area contributed by atoms with E-state index in [1.807, 2.05) is 0 Å². The van der Waals surface area contributed by atoms with Crippen LogP contribution < -0.4 is 5.73 Å². The second-order valence-corrected chi connectivity index (χ2v) is 4.21. The Morgan fingerprint density at radius 2 is 1.82 bits per heavy atom. The second kappa shape index (κ2) is 7.26. The molecule has 0 aromatic heterocycles. The van der Waals surface area contributed by atoms with Crippen LogP contribution in [0.25, 0.3) is 0 Å². The van der Waals surface area contributed by atoms with Crippen LogP contribution in [0.2, 0.25) is 5.32 Å². The van der Waals surface area contributed by atoms with Crippen LogP contribution in [0.3, 0.4) is 0 Å². The molecule has 0 aromatic rings. The van der Waals surface area contributed by atoms with Crippen LogP contribution in [0.4, 0.5) is 0 Å². The van der Waals surface area contributed by atoms with Crippen LogP contribution in [0.1, 0.15) is 12.8 Å². The summed E-state index contributed by atoms with van der Waals surface area (Å²) < 4.78 is 0. The van der Waals surface area contributed by atoms with Crippen molar-refractivity contribution in [2.75, 3.05) is 7.05 Å². The molecule has 7 nitrogen and oxygen atoms in total. The summed E-state index contributed by atoms with van der Waals surface area (Å²) in [5.41, 5.74) is 5.24. The zero-order valence-corrected chi connectivity index (χ0v) is 11.0. The Bertz CT molecular complexity index is 310. The Morgan fingerprint density at radius 1 is 1.29 bits per heavy atom. The number of carbonyl (C=O) groups is 3. The fraction of sp³-hybridized carbons (Fsp3) is 0.667. The summed E-state index contributed by atoms with van der Waals surface area (Å²) in [4.78, 5) is 33.9. The normalized spacial score (nSPS) is 13.8. The number of likely N-dealkylation sites (N-methyl/N-ethyl adjacent to an activating group) is 1. The van der Waals surface area contributed by atoms with Gasteiger partial charge in [0.15, 0.2) is 0 Å². The molecule has 0 saturated heterocycles. The van der Waals surface area contributed by atoms with Crippen LogP contribution in [0, 0.1) is 0 Å². The van der Waals surface area contributed by atoms with Crippen LogP contribution in [0.15, 0.2) is 0 Å². The van der Waals surface area contributed by atoms with Gasteiger partial charge in [-0.3, -0.25) is 0 Å². The number of amides is 1. The summed E-state index contributed by atoms with van der Waals surface area (Å²) in [6.45, 7) is 0. The minimum atomic E-state index is -1.18. The molecule has 2 atom stereocenters. The Balaban J connectivity index is 4.31. The number of nitrogens with two attached hydrogens (primary N) is 1. The molecule has 0 rings (SSSR count). The first-order valence-electron chi connectivity index (χ1n) is 4.86. The first kappa shape index (κ1) is 15.9. The van der Waals surface area contributed by atoms with Crippen LogP contribution in [-0.4, -0.2) is 68.1 Å².